The topological polar surface area (TPSA) is 80.1 Å². The summed E-state index contributed by atoms with van der Waals surface area (Å²) < 4.78 is 28.8. The van der Waals surface area contributed by atoms with Crippen molar-refractivity contribution >= 4 is 10.0 Å². The van der Waals surface area contributed by atoms with Gasteiger partial charge in [0.15, 0.2) is 0 Å². The fraction of sp³-hybridized carbons (Fsp3) is 0.556. The van der Waals surface area contributed by atoms with Crippen LogP contribution in [0.5, 0.6) is 0 Å². The van der Waals surface area contributed by atoms with Crippen LogP contribution in [-0.2, 0) is 23.1 Å². The highest BCUT2D eigenvalue weighted by Crippen LogP contribution is 2.28. The number of sulfonamides is 1. The zero-order valence-corrected chi connectivity index (χ0v) is 15.8. The maximum Gasteiger partial charge on any atom is 0.214 e. The lowest BCUT2D eigenvalue weighted by atomic mass is 10.1. The van der Waals surface area contributed by atoms with Gasteiger partial charge in [0.25, 0.3) is 0 Å². The Bertz CT molecular complexity index is 875. The first-order valence-corrected chi connectivity index (χ1v) is 10.7. The average molecular weight is 375 g/mol. The van der Waals surface area contributed by atoms with Gasteiger partial charge in [-0.15, -0.1) is 0 Å². The number of aryl methyl sites for hydroxylation is 1. The summed E-state index contributed by atoms with van der Waals surface area (Å²) in [5.74, 6) is 0. The van der Waals surface area contributed by atoms with Gasteiger partial charge < -0.3 is 0 Å². The molecule has 3 heterocycles. The molecule has 1 atom stereocenters. The molecule has 26 heavy (non-hydrogen) atoms. The molecule has 140 valence electrons. The lowest BCUT2D eigenvalue weighted by Gasteiger charge is -2.33. The minimum Gasteiger partial charge on any atom is -0.290 e. The third-order valence-corrected chi connectivity index (χ3v) is 6.98. The Morgan fingerprint density at radius 3 is 2.88 bits per heavy atom. The van der Waals surface area contributed by atoms with E-state index in [1.165, 1.54) is 5.69 Å². The number of nitrogens with one attached hydrogen (secondary N) is 1. The van der Waals surface area contributed by atoms with Gasteiger partial charge in [-0.05, 0) is 44.4 Å². The molecule has 0 spiro atoms. The van der Waals surface area contributed by atoms with E-state index in [2.05, 4.69) is 25.8 Å². The monoisotopic (exact) mass is 375 g/mol. The first-order valence-electron chi connectivity index (χ1n) is 9.17. The number of nitrogens with zero attached hydrogens (tertiary/aromatic N) is 4. The summed E-state index contributed by atoms with van der Waals surface area (Å²) in [5.41, 5.74) is 3.25. The quantitative estimate of drug-likeness (QED) is 0.795. The molecule has 8 heteroatoms. The van der Waals surface area contributed by atoms with Crippen molar-refractivity contribution in [1.82, 2.24) is 24.4 Å². The molecule has 1 aliphatic carbocycles. The molecular formula is C18H25N5O2S. The highest BCUT2D eigenvalue weighted by Gasteiger charge is 2.35. The zero-order valence-electron chi connectivity index (χ0n) is 15.0. The standard InChI is InChI=1S/C18H25N5O2S/c1-14-3-2-4-15(21-14)11-22-12-16-7-9-19-23(16)17(13-22)8-10-20-26(24,25)18-5-6-18/h2-4,7,9,17-18,20H,5-6,8,10-13H2,1H3. The van der Waals surface area contributed by atoms with Gasteiger partial charge >= 0.3 is 0 Å². The second-order valence-electron chi connectivity index (χ2n) is 7.29. The number of hydrogen-bond donors (Lipinski definition) is 1. The van der Waals surface area contributed by atoms with Gasteiger partial charge in [-0.2, -0.15) is 5.10 Å². The Hall–Kier alpha value is -1.77. The third kappa shape index (κ3) is 3.97. The number of hydrogen-bond acceptors (Lipinski definition) is 5. The van der Waals surface area contributed by atoms with Crippen molar-refractivity contribution < 1.29 is 8.42 Å². The van der Waals surface area contributed by atoms with Crippen LogP contribution in [0.25, 0.3) is 0 Å². The van der Waals surface area contributed by atoms with Gasteiger partial charge in [0.05, 0.1) is 22.7 Å². The molecule has 0 radical (unpaired) electrons. The Kier molecular flexibility index (Phi) is 4.81. The van der Waals surface area contributed by atoms with E-state index in [1.54, 1.807) is 0 Å². The molecule has 0 amide bonds. The van der Waals surface area contributed by atoms with E-state index in [-0.39, 0.29) is 11.3 Å². The molecule has 1 fully saturated rings. The van der Waals surface area contributed by atoms with E-state index in [1.807, 2.05) is 36.0 Å². The lowest BCUT2D eigenvalue weighted by molar-refractivity contribution is 0.160. The van der Waals surface area contributed by atoms with E-state index in [0.717, 1.165) is 50.3 Å². The summed E-state index contributed by atoms with van der Waals surface area (Å²) in [6.45, 7) is 4.93. The van der Waals surface area contributed by atoms with E-state index < -0.39 is 10.0 Å². The molecule has 2 aromatic rings. The SMILES string of the molecule is Cc1cccc(CN2Cc3ccnn3C(CCNS(=O)(=O)C3CC3)C2)n1. The molecule has 7 nitrogen and oxygen atoms in total. The molecule has 4 rings (SSSR count). The van der Waals surface area contributed by atoms with Gasteiger partial charge in [0.2, 0.25) is 10.0 Å². The van der Waals surface area contributed by atoms with Crippen LogP contribution in [0, 0.1) is 6.92 Å². The average Bonchev–Trinajstić information content (AvgIpc) is 3.35. The minimum atomic E-state index is -3.12. The number of pyridine rings is 1. The molecular weight excluding hydrogens is 350 g/mol. The summed E-state index contributed by atoms with van der Waals surface area (Å²) in [6.07, 6.45) is 4.14. The van der Waals surface area contributed by atoms with Crippen LogP contribution in [-0.4, -0.2) is 46.4 Å². The van der Waals surface area contributed by atoms with Crippen molar-refractivity contribution in [3.8, 4) is 0 Å². The van der Waals surface area contributed by atoms with Gasteiger partial charge in [-0.1, -0.05) is 6.07 Å². The van der Waals surface area contributed by atoms with Gasteiger partial charge in [-0.25, -0.2) is 13.1 Å². The van der Waals surface area contributed by atoms with Crippen LogP contribution in [0.4, 0.5) is 0 Å². The maximum atomic E-state index is 12.0. The van der Waals surface area contributed by atoms with Crippen LogP contribution >= 0.6 is 0 Å². The van der Waals surface area contributed by atoms with Gasteiger partial charge in [0, 0.05) is 38.1 Å². The van der Waals surface area contributed by atoms with E-state index in [9.17, 15) is 8.42 Å². The second kappa shape index (κ2) is 7.09. The van der Waals surface area contributed by atoms with Crippen LogP contribution in [0.3, 0.4) is 0 Å². The molecule has 1 saturated carbocycles. The van der Waals surface area contributed by atoms with Crippen LogP contribution in [0.1, 0.15) is 42.4 Å². The van der Waals surface area contributed by atoms with Crippen molar-refractivity contribution in [3.05, 3.63) is 47.5 Å². The van der Waals surface area contributed by atoms with Crippen molar-refractivity contribution in [3.63, 3.8) is 0 Å². The molecule has 1 unspecified atom stereocenters. The van der Waals surface area contributed by atoms with Crippen LogP contribution in [0.15, 0.2) is 30.5 Å². The largest absolute Gasteiger partial charge is 0.290 e. The normalized spacial score (nSPS) is 20.9. The highest BCUT2D eigenvalue weighted by atomic mass is 32.2. The third-order valence-electron chi connectivity index (χ3n) is 5.03. The summed E-state index contributed by atoms with van der Waals surface area (Å²) in [5, 5.41) is 4.28. The van der Waals surface area contributed by atoms with Crippen LogP contribution < -0.4 is 4.72 Å². The number of rotatable bonds is 7. The zero-order chi connectivity index (χ0) is 18.1. The number of fused-ring (bicyclic) bond motifs is 1. The number of aromatic nitrogens is 3. The summed E-state index contributed by atoms with van der Waals surface area (Å²) in [7, 11) is -3.12. The molecule has 0 bridgehead atoms. The Morgan fingerprint density at radius 2 is 2.12 bits per heavy atom. The fourth-order valence-corrected chi connectivity index (χ4v) is 4.97. The molecule has 2 aliphatic rings. The summed E-state index contributed by atoms with van der Waals surface area (Å²) in [6, 6.07) is 8.30. The lowest BCUT2D eigenvalue weighted by Crippen LogP contribution is -2.39. The van der Waals surface area contributed by atoms with E-state index in [0.29, 0.717) is 6.54 Å². The summed E-state index contributed by atoms with van der Waals surface area (Å²) >= 11 is 0. The maximum absolute atomic E-state index is 12.0. The molecule has 1 aliphatic heterocycles. The molecule has 0 saturated heterocycles. The Labute approximate surface area is 154 Å². The van der Waals surface area contributed by atoms with Crippen molar-refractivity contribution in [2.24, 2.45) is 0 Å². The molecule has 0 aromatic carbocycles. The second-order valence-corrected chi connectivity index (χ2v) is 9.33. The van der Waals surface area contributed by atoms with Crippen molar-refractivity contribution in [1.29, 1.82) is 0 Å². The molecule has 1 N–H and O–H groups in total. The predicted molar refractivity (Wildman–Crippen MR) is 98.9 cm³/mol. The Balaban J connectivity index is 1.41. The van der Waals surface area contributed by atoms with Crippen molar-refractivity contribution in [2.45, 2.75) is 50.6 Å². The van der Waals surface area contributed by atoms with E-state index >= 15 is 0 Å². The van der Waals surface area contributed by atoms with Gasteiger partial charge in [-0.3, -0.25) is 14.6 Å². The minimum absolute atomic E-state index is 0.167. The van der Waals surface area contributed by atoms with Crippen LogP contribution in [0.2, 0.25) is 0 Å². The first-order chi connectivity index (χ1) is 12.5. The van der Waals surface area contributed by atoms with Crippen molar-refractivity contribution in [2.75, 3.05) is 13.1 Å². The Morgan fingerprint density at radius 1 is 1.27 bits per heavy atom. The fourth-order valence-electron chi connectivity index (χ4n) is 3.58. The smallest absolute Gasteiger partial charge is 0.214 e. The van der Waals surface area contributed by atoms with Gasteiger partial charge in [0.1, 0.15) is 0 Å². The summed E-state index contributed by atoms with van der Waals surface area (Å²) in [4.78, 5) is 6.96. The molecule has 2 aromatic heterocycles. The first kappa shape index (κ1) is 17.6. The van der Waals surface area contributed by atoms with E-state index in [4.69, 9.17) is 0 Å². The predicted octanol–water partition coefficient (Wildman–Crippen LogP) is 1.62. The highest BCUT2D eigenvalue weighted by molar-refractivity contribution is 7.90.